The molecule has 1 N–H and O–H groups in total. The summed E-state index contributed by atoms with van der Waals surface area (Å²) in [7, 11) is 0. The minimum atomic E-state index is 0.438. The average molecular weight is 249 g/mol. The highest BCUT2D eigenvalue weighted by atomic mass is 32.1. The van der Waals surface area contributed by atoms with Gasteiger partial charge in [-0.25, -0.2) is 0 Å². The Balaban J connectivity index is 2.28. The summed E-state index contributed by atoms with van der Waals surface area (Å²) >= 11 is 1.40. The molecule has 0 bridgehead atoms. The van der Waals surface area contributed by atoms with Crippen LogP contribution in [0.1, 0.15) is 24.4 Å². The third-order valence-electron chi connectivity index (χ3n) is 2.33. The molecule has 0 saturated heterocycles. The van der Waals surface area contributed by atoms with Crippen LogP contribution in [0.15, 0.2) is 12.4 Å². The predicted molar refractivity (Wildman–Crippen MR) is 67.6 cm³/mol. The normalized spacial score (nSPS) is 11.1. The van der Waals surface area contributed by atoms with E-state index in [4.69, 9.17) is 0 Å². The van der Waals surface area contributed by atoms with Crippen molar-refractivity contribution in [3.63, 3.8) is 0 Å². The molecule has 0 aliphatic rings. The molecule has 0 fully saturated rings. The highest BCUT2D eigenvalue weighted by Crippen LogP contribution is 2.23. The van der Waals surface area contributed by atoms with Gasteiger partial charge in [0, 0.05) is 25.0 Å². The number of hydrogen-bond donors (Lipinski definition) is 1. The van der Waals surface area contributed by atoms with Gasteiger partial charge in [-0.2, -0.15) is 0 Å². The maximum atomic E-state index is 4.32. The van der Waals surface area contributed by atoms with Gasteiger partial charge in [0.2, 0.25) is 0 Å². The quantitative estimate of drug-likeness (QED) is 0.895. The highest BCUT2D eigenvalue weighted by Gasteiger charge is 2.14. The number of nitrogens with zero attached hydrogens (tertiary/aromatic N) is 4. The maximum Gasteiger partial charge on any atom is 0.130 e. The summed E-state index contributed by atoms with van der Waals surface area (Å²) in [5, 5.41) is 7.51. The second kappa shape index (κ2) is 5.29. The summed E-state index contributed by atoms with van der Waals surface area (Å²) in [4.78, 5) is 9.65. The molecule has 0 unspecified atom stereocenters. The van der Waals surface area contributed by atoms with E-state index in [1.165, 1.54) is 11.5 Å². The van der Waals surface area contributed by atoms with Gasteiger partial charge in [-0.3, -0.25) is 9.97 Å². The van der Waals surface area contributed by atoms with Crippen LogP contribution in [0.2, 0.25) is 0 Å². The molecule has 0 saturated carbocycles. The second-order valence-corrected chi connectivity index (χ2v) is 4.91. The van der Waals surface area contributed by atoms with Gasteiger partial charge in [0.05, 0.1) is 10.6 Å². The van der Waals surface area contributed by atoms with Crippen molar-refractivity contribution in [3.8, 4) is 11.4 Å². The van der Waals surface area contributed by atoms with Crippen molar-refractivity contribution in [3.05, 3.63) is 23.0 Å². The molecule has 90 valence electrons. The van der Waals surface area contributed by atoms with Gasteiger partial charge >= 0.3 is 0 Å². The first-order chi connectivity index (χ1) is 8.18. The Morgan fingerprint density at radius 1 is 1.24 bits per heavy atom. The van der Waals surface area contributed by atoms with Gasteiger partial charge in [0.1, 0.15) is 11.4 Å². The molecule has 17 heavy (non-hydrogen) atoms. The van der Waals surface area contributed by atoms with Crippen molar-refractivity contribution in [2.24, 2.45) is 0 Å². The Bertz CT molecular complexity index is 494. The molecule has 2 aromatic heterocycles. The van der Waals surface area contributed by atoms with Crippen molar-refractivity contribution < 1.29 is 0 Å². The van der Waals surface area contributed by atoms with Gasteiger partial charge in [0.15, 0.2) is 0 Å². The van der Waals surface area contributed by atoms with E-state index in [1.807, 2.05) is 6.92 Å². The largest absolute Gasteiger partial charge is 0.310 e. The van der Waals surface area contributed by atoms with E-state index in [0.29, 0.717) is 6.04 Å². The Labute approximate surface area is 104 Å². The number of aromatic nitrogens is 4. The maximum absolute atomic E-state index is 4.32. The number of hydrogen-bond acceptors (Lipinski definition) is 6. The standard InChI is InChI=1S/C11H15N5S/c1-7(2)14-6-9-11(15-16-17-9)10-8(3)12-4-5-13-10/h4-5,7,14H,6H2,1-3H3. The number of rotatable bonds is 4. The summed E-state index contributed by atoms with van der Waals surface area (Å²) in [6.45, 7) is 6.92. The van der Waals surface area contributed by atoms with E-state index in [-0.39, 0.29) is 0 Å². The van der Waals surface area contributed by atoms with Crippen LogP contribution in [0.25, 0.3) is 11.4 Å². The van der Waals surface area contributed by atoms with Crippen LogP contribution in [0, 0.1) is 6.92 Å². The van der Waals surface area contributed by atoms with Crippen LogP contribution < -0.4 is 5.32 Å². The lowest BCUT2D eigenvalue weighted by Crippen LogP contribution is -2.21. The topological polar surface area (TPSA) is 63.6 Å². The first-order valence-corrected chi connectivity index (χ1v) is 6.28. The number of aryl methyl sites for hydroxylation is 1. The van der Waals surface area contributed by atoms with E-state index in [0.717, 1.165) is 28.5 Å². The Hall–Kier alpha value is -1.40. The first-order valence-electron chi connectivity index (χ1n) is 5.51. The third kappa shape index (κ3) is 2.83. The van der Waals surface area contributed by atoms with E-state index in [2.05, 4.69) is 38.7 Å². The zero-order valence-electron chi connectivity index (χ0n) is 10.1. The highest BCUT2D eigenvalue weighted by molar-refractivity contribution is 7.05. The van der Waals surface area contributed by atoms with Crippen LogP contribution in [-0.2, 0) is 6.54 Å². The van der Waals surface area contributed by atoms with E-state index >= 15 is 0 Å². The Morgan fingerprint density at radius 3 is 2.71 bits per heavy atom. The molecule has 5 nitrogen and oxygen atoms in total. The average Bonchev–Trinajstić information content (AvgIpc) is 2.75. The summed E-state index contributed by atoms with van der Waals surface area (Å²) in [5.74, 6) is 0. The lowest BCUT2D eigenvalue weighted by molar-refractivity contribution is 0.593. The van der Waals surface area contributed by atoms with Crippen molar-refractivity contribution in [2.75, 3.05) is 0 Å². The van der Waals surface area contributed by atoms with Crippen molar-refractivity contribution in [1.29, 1.82) is 0 Å². The minimum absolute atomic E-state index is 0.438. The van der Waals surface area contributed by atoms with Gasteiger partial charge < -0.3 is 5.32 Å². The van der Waals surface area contributed by atoms with Crippen molar-refractivity contribution in [2.45, 2.75) is 33.4 Å². The molecule has 0 aromatic carbocycles. The van der Waals surface area contributed by atoms with Gasteiger partial charge in [-0.1, -0.05) is 18.3 Å². The van der Waals surface area contributed by atoms with Gasteiger partial charge in [-0.05, 0) is 18.5 Å². The number of nitrogens with one attached hydrogen (secondary N) is 1. The smallest absolute Gasteiger partial charge is 0.130 e. The lowest BCUT2D eigenvalue weighted by Gasteiger charge is -2.07. The molecule has 2 aromatic rings. The van der Waals surface area contributed by atoms with Crippen molar-refractivity contribution in [1.82, 2.24) is 24.9 Å². The van der Waals surface area contributed by atoms with E-state index < -0.39 is 0 Å². The van der Waals surface area contributed by atoms with E-state index in [9.17, 15) is 0 Å². The van der Waals surface area contributed by atoms with Crippen LogP contribution in [0.3, 0.4) is 0 Å². The summed E-state index contributed by atoms with van der Waals surface area (Å²) in [5.41, 5.74) is 2.54. The van der Waals surface area contributed by atoms with E-state index in [1.54, 1.807) is 12.4 Å². The molecule has 0 aliphatic carbocycles. The lowest BCUT2D eigenvalue weighted by atomic mass is 10.2. The SMILES string of the molecule is Cc1nccnc1-c1nnsc1CNC(C)C. The molecular formula is C11H15N5S. The fourth-order valence-electron chi connectivity index (χ4n) is 1.44. The van der Waals surface area contributed by atoms with Crippen LogP contribution in [0.4, 0.5) is 0 Å². The molecule has 2 rings (SSSR count). The minimum Gasteiger partial charge on any atom is -0.310 e. The Kier molecular flexibility index (Phi) is 3.75. The van der Waals surface area contributed by atoms with Gasteiger partial charge in [0.25, 0.3) is 0 Å². The van der Waals surface area contributed by atoms with Crippen LogP contribution >= 0.6 is 11.5 Å². The van der Waals surface area contributed by atoms with Crippen LogP contribution in [0.5, 0.6) is 0 Å². The summed E-state index contributed by atoms with van der Waals surface area (Å²) in [6, 6.07) is 0.438. The molecule has 2 heterocycles. The van der Waals surface area contributed by atoms with Crippen LogP contribution in [-0.4, -0.2) is 25.6 Å². The van der Waals surface area contributed by atoms with Crippen molar-refractivity contribution >= 4 is 11.5 Å². The van der Waals surface area contributed by atoms with Gasteiger partial charge in [-0.15, -0.1) is 5.10 Å². The summed E-state index contributed by atoms with van der Waals surface area (Å²) in [6.07, 6.45) is 3.37. The Morgan fingerprint density at radius 2 is 2.00 bits per heavy atom. The monoisotopic (exact) mass is 249 g/mol. The fourth-order valence-corrected chi connectivity index (χ4v) is 2.03. The molecule has 6 heteroatoms. The zero-order chi connectivity index (χ0) is 12.3. The molecule has 0 radical (unpaired) electrons. The molecule has 0 spiro atoms. The fraction of sp³-hybridized carbons (Fsp3) is 0.455. The third-order valence-corrected chi connectivity index (χ3v) is 3.05. The second-order valence-electron chi connectivity index (χ2n) is 4.07. The molecule has 0 atom stereocenters. The molecule has 0 amide bonds. The summed E-state index contributed by atoms with van der Waals surface area (Å²) < 4.78 is 4.00. The molecule has 0 aliphatic heterocycles. The predicted octanol–water partition coefficient (Wildman–Crippen LogP) is 1.80. The molecular weight excluding hydrogens is 234 g/mol. The first kappa shape index (κ1) is 12.1. The zero-order valence-corrected chi connectivity index (χ0v) is 11.0.